The van der Waals surface area contributed by atoms with Crippen molar-refractivity contribution >= 4 is 29.0 Å². The molecule has 26 heavy (non-hydrogen) atoms. The average Bonchev–Trinajstić information content (AvgIpc) is 2.64. The van der Waals surface area contributed by atoms with Gasteiger partial charge in [0.2, 0.25) is 5.95 Å². The molecule has 0 aliphatic rings. The van der Waals surface area contributed by atoms with Crippen LogP contribution in [-0.2, 0) is 0 Å². The molecule has 0 saturated heterocycles. The van der Waals surface area contributed by atoms with Gasteiger partial charge in [-0.2, -0.15) is 0 Å². The normalized spacial score (nSPS) is 10.2. The molecule has 0 radical (unpaired) electrons. The molecule has 1 heterocycles. The highest BCUT2D eigenvalue weighted by atomic mass is 19.1. The van der Waals surface area contributed by atoms with Gasteiger partial charge in [-0.05, 0) is 49.4 Å². The van der Waals surface area contributed by atoms with E-state index in [0.29, 0.717) is 11.3 Å². The number of para-hydroxylation sites is 1. The summed E-state index contributed by atoms with van der Waals surface area (Å²) in [5, 5.41) is 5.42. The topological polar surface area (TPSA) is 84.0 Å². The van der Waals surface area contributed by atoms with Gasteiger partial charge in [0.1, 0.15) is 11.5 Å². The van der Waals surface area contributed by atoms with Crippen LogP contribution >= 0.6 is 0 Å². The Balaban J connectivity index is 1.74. The highest BCUT2D eigenvalue weighted by Crippen LogP contribution is 2.16. The van der Waals surface area contributed by atoms with Crippen LogP contribution in [0.4, 0.5) is 21.7 Å². The van der Waals surface area contributed by atoms with Crippen molar-refractivity contribution in [2.24, 2.45) is 0 Å². The van der Waals surface area contributed by atoms with E-state index in [-0.39, 0.29) is 23.1 Å². The number of Topliss-reactive ketones (excluding diaryl/α,β-unsaturated/α-hetero) is 1. The lowest BCUT2D eigenvalue weighted by Crippen LogP contribution is -2.15. The van der Waals surface area contributed by atoms with Crippen molar-refractivity contribution in [3.8, 4) is 0 Å². The summed E-state index contributed by atoms with van der Waals surface area (Å²) >= 11 is 0. The maximum absolute atomic E-state index is 13.6. The van der Waals surface area contributed by atoms with Crippen LogP contribution in [0.2, 0.25) is 0 Å². The lowest BCUT2D eigenvalue weighted by Gasteiger charge is -2.08. The fourth-order valence-electron chi connectivity index (χ4n) is 2.21. The van der Waals surface area contributed by atoms with Gasteiger partial charge in [0.05, 0.1) is 5.69 Å². The van der Waals surface area contributed by atoms with E-state index in [1.165, 1.54) is 37.4 Å². The van der Waals surface area contributed by atoms with Crippen LogP contribution in [-0.4, -0.2) is 21.7 Å². The molecule has 0 bridgehead atoms. The number of amides is 1. The zero-order valence-corrected chi connectivity index (χ0v) is 13.9. The SMILES string of the molecule is CC(=O)c1ccc(Nc2nccc(C(=O)Nc3ccccc3F)n2)cc1. The van der Waals surface area contributed by atoms with Gasteiger partial charge in [-0.3, -0.25) is 9.59 Å². The Kier molecular flexibility index (Phi) is 4.98. The first kappa shape index (κ1) is 17.2. The molecule has 0 unspecified atom stereocenters. The Bertz CT molecular complexity index is 958. The average molecular weight is 350 g/mol. The molecule has 6 nitrogen and oxygen atoms in total. The number of carbonyl (C=O) groups is 2. The molecule has 2 N–H and O–H groups in total. The molecule has 0 atom stereocenters. The van der Waals surface area contributed by atoms with Crippen molar-refractivity contribution in [1.29, 1.82) is 0 Å². The molecule has 130 valence electrons. The number of ketones is 1. The number of hydrogen-bond acceptors (Lipinski definition) is 5. The molecular weight excluding hydrogens is 335 g/mol. The fraction of sp³-hybridized carbons (Fsp3) is 0.0526. The molecule has 7 heteroatoms. The second-order valence-electron chi connectivity index (χ2n) is 5.46. The van der Waals surface area contributed by atoms with Crippen molar-refractivity contribution in [1.82, 2.24) is 9.97 Å². The Labute approximate surface area is 149 Å². The predicted octanol–water partition coefficient (Wildman–Crippen LogP) is 3.81. The first-order valence-corrected chi connectivity index (χ1v) is 7.80. The molecule has 1 amide bonds. The number of rotatable bonds is 5. The number of benzene rings is 2. The quantitative estimate of drug-likeness (QED) is 0.684. The van der Waals surface area contributed by atoms with Gasteiger partial charge in [0.25, 0.3) is 5.91 Å². The van der Waals surface area contributed by atoms with Crippen LogP contribution in [0.15, 0.2) is 60.8 Å². The zero-order chi connectivity index (χ0) is 18.5. The minimum atomic E-state index is -0.549. The Morgan fingerprint density at radius 2 is 1.73 bits per heavy atom. The summed E-state index contributed by atoms with van der Waals surface area (Å²) in [6.45, 7) is 1.49. The van der Waals surface area contributed by atoms with E-state index in [1.54, 1.807) is 30.3 Å². The maximum atomic E-state index is 13.6. The number of hydrogen-bond donors (Lipinski definition) is 2. The Morgan fingerprint density at radius 3 is 2.42 bits per heavy atom. The molecule has 1 aromatic heterocycles. The van der Waals surface area contributed by atoms with Gasteiger partial charge < -0.3 is 10.6 Å². The minimum Gasteiger partial charge on any atom is -0.324 e. The molecule has 3 rings (SSSR count). The summed E-state index contributed by atoms with van der Waals surface area (Å²) in [5.41, 5.74) is 1.42. The summed E-state index contributed by atoms with van der Waals surface area (Å²) in [6.07, 6.45) is 1.43. The second kappa shape index (κ2) is 7.52. The predicted molar refractivity (Wildman–Crippen MR) is 96.1 cm³/mol. The largest absolute Gasteiger partial charge is 0.324 e. The Morgan fingerprint density at radius 1 is 1.00 bits per heavy atom. The summed E-state index contributed by atoms with van der Waals surface area (Å²) in [5.74, 6) is -0.896. The van der Waals surface area contributed by atoms with Gasteiger partial charge in [-0.25, -0.2) is 14.4 Å². The number of halogens is 1. The summed E-state index contributed by atoms with van der Waals surface area (Å²) in [4.78, 5) is 31.7. The first-order chi connectivity index (χ1) is 12.5. The monoisotopic (exact) mass is 350 g/mol. The molecule has 0 spiro atoms. The van der Waals surface area contributed by atoms with E-state index in [4.69, 9.17) is 0 Å². The van der Waals surface area contributed by atoms with Gasteiger partial charge >= 0.3 is 0 Å². The number of anilines is 3. The standard InChI is InChI=1S/C19H15FN4O2/c1-12(25)13-6-8-14(9-7-13)22-19-21-11-10-17(24-19)18(26)23-16-5-3-2-4-15(16)20/h2-11H,1H3,(H,23,26)(H,21,22,24). The minimum absolute atomic E-state index is 0.0281. The summed E-state index contributed by atoms with van der Waals surface area (Å²) in [6, 6.07) is 14.1. The van der Waals surface area contributed by atoms with Crippen molar-refractivity contribution < 1.29 is 14.0 Å². The molecule has 0 aliphatic carbocycles. The number of carbonyl (C=O) groups excluding carboxylic acids is 2. The van der Waals surface area contributed by atoms with Crippen LogP contribution in [0, 0.1) is 5.82 Å². The maximum Gasteiger partial charge on any atom is 0.274 e. The number of nitrogens with zero attached hydrogens (tertiary/aromatic N) is 2. The van der Waals surface area contributed by atoms with E-state index in [0.717, 1.165) is 0 Å². The van der Waals surface area contributed by atoms with Crippen LogP contribution in [0.5, 0.6) is 0 Å². The third-order valence-electron chi connectivity index (χ3n) is 3.56. The van der Waals surface area contributed by atoms with E-state index in [1.807, 2.05) is 0 Å². The van der Waals surface area contributed by atoms with Gasteiger partial charge in [-0.15, -0.1) is 0 Å². The first-order valence-electron chi connectivity index (χ1n) is 7.80. The van der Waals surface area contributed by atoms with Crippen LogP contribution in [0.1, 0.15) is 27.8 Å². The lowest BCUT2D eigenvalue weighted by atomic mass is 10.1. The molecule has 0 fully saturated rings. The van der Waals surface area contributed by atoms with Crippen molar-refractivity contribution in [2.45, 2.75) is 6.92 Å². The van der Waals surface area contributed by atoms with Crippen LogP contribution in [0.25, 0.3) is 0 Å². The van der Waals surface area contributed by atoms with Crippen molar-refractivity contribution in [2.75, 3.05) is 10.6 Å². The van der Waals surface area contributed by atoms with E-state index >= 15 is 0 Å². The molecule has 0 saturated carbocycles. The smallest absolute Gasteiger partial charge is 0.274 e. The summed E-state index contributed by atoms with van der Waals surface area (Å²) in [7, 11) is 0. The molecule has 2 aromatic carbocycles. The summed E-state index contributed by atoms with van der Waals surface area (Å²) < 4.78 is 13.6. The third-order valence-corrected chi connectivity index (χ3v) is 3.56. The Hall–Kier alpha value is -3.61. The number of nitrogens with one attached hydrogen (secondary N) is 2. The van der Waals surface area contributed by atoms with Crippen LogP contribution in [0.3, 0.4) is 0 Å². The molecular formula is C19H15FN4O2. The molecule has 3 aromatic rings. The van der Waals surface area contributed by atoms with E-state index in [9.17, 15) is 14.0 Å². The number of aromatic nitrogens is 2. The van der Waals surface area contributed by atoms with E-state index < -0.39 is 11.7 Å². The van der Waals surface area contributed by atoms with E-state index in [2.05, 4.69) is 20.6 Å². The highest BCUT2D eigenvalue weighted by Gasteiger charge is 2.11. The zero-order valence-electron chi connectivity index (χ0n) is 13.9. The van der Waals surface area contributed by atoms with Gasteiger partial charge in [0, 0.05) is 17.4 Å². The third kappa shape index (κ3) is 4.07. The lowest BCUT2D eigenvalue weighted by molar-refractivity contribution is 0.101. The van der Waals surface area contributed by atoms with Crippen molar-refractivity contribution in [3.05, 3.63) is 77.9 Å². The fourth-order valence-corrected chi connectivity index (χ4v) is 2.21. The van der Waals surface area contributed by atoms with Crippen molar-refractivity contribution in [3.63, 3.8) is 0 Å². The molecule has 0 aliphatic heterocycles. The van der Waals surface area contributed by atoms with Crippen LogP contribution < -0.4 is 10.6 Å². The second-order valence-corrected chi connectivity index (χ2v) is 5.46. The van der Waals surface area contributed by atoms with Gasteiger partial charge in [0.15, 0.2) is 5.78 Å². The van der Waals surface area contributed by atoms with Gasteiger partial charge in [-0.1, -0.05) is 12.1 Å². The highest BCUT2D eigenvalue weighted by molar-refractivity contribution is 6.03.